The molecule has 0 aliphatic carbocycles. The number of ether oxygens (including phenoxy) is 1. The van der Waals surface area contributed by atoms with Gasteiger partial charge in [-0.25, -0.2) is 4.79 Å². The Kier molecular flexibility index (Phi) is 4.82. The van der Waals surface area contributed by atoms with Crippen LogP contribution in [0.2, 0.25) is 0 Å². The Morgan fingerprint density at radius 3 is 2.65 bits per heavy atom. The highest BCUT2D eigenvalue weighted by Gasteiger charge is 2.39. The van der Waals surface area contributed by atoms with Crippen LogP contribution in [0.3, 0.4) is 0 Å². The molecule has 1 heterocycles. The molecule has 2 amide bonds. The average Bonchev–Trinajstić information content (AvgIpc) is 2.51. The van der Waals surface area contributed by atoms with Gasteiger partial charge < -0.3 is 10.1 Å². The normalized spacial score (nSPS) is 20.2. The Bertz CT molecular complexity index is 616. The number of methoxy groups -OCH3 is 1. The van der Waals surface area contributed by atoms with Gasteiger partial charge in [0.15, 0.2) is 0 Å². The summed E-state index contributed by atoms with van der Waals surface area (Å²) in [5.41, 5.74) is -0.682. The minimum atomic E-state index is -4.53. The fourth-order valence-electron chi connectivity index (χ4n) is 2.69. The van der Waals surface area contributed by atoms with Gasteiger partial charge in [0.2, 0.25) is 5.91 Å². The summed E-state index contributed by atoms with van der Waals surface area (Å²) in [6.45, 7) is 1.81. The van der Waals surface area contributed by atoms with Crippen LogP contribution in [-0.4, -0.2) is 25.2 Å². The molecule has 1 aliphatic heterocycles. The van der Waals surface area contributed by atoms with E-state index in [4.69, 9.17) is 0 Å². The van der Waals surface area contributed by atoms with Crippen molar-refractivity contribution in [1.29, 1.82) is 0 Å². The maximum absolute atomic E-state index is 13.2. The van der Waals surface area contributed by atoms with Crippen LogP contribution in [0, 0.1) is 0 Å². The standard InChI is InChI=1S/C15H17F3N2O3/c1-3-8-7-10(13(21)20-14(22)23-2)9-5-4-6-11(12(9)19-8)15(16,17)18/h4-6,8,10,19H,3,7H2,1-2H3,(H,20,21,22)/t8-,10-/m0/s1. The van der Waals surface area contributed by atoms with Crippen LogP contribution in [-0.2, 0) is 15.7 Å². The Morgan fingerprint density at radius 2 is 2.09 bits per heavy atom. The molecule has 0 saturated carbocycles. The van der Waals surface area contributed by atoms with Crippen molar-refractivity contribution in [1.82, 2.24) is 5.32 Å². The lowest BCUT2D eigenvalue weighted by Crippen LogP contribution is -2.40. The lowest BCUT2D eigenvalue weighted by atomic mass is 9.84. The summed E-state index contributed by atoms with van der Waals surface area (Å²) < 4.78 is 43.9. The number of rotatable bonds is 2. The van der Waals surface area contributed by atoms with E-state index in [-0.39, 0.29) is 17.3 Å². The van der Waals surface area contributed by atoms with Gasteiger partial charge in [-0.15, -0.1) is 0 Å². The lowest BCUT2D eigenvalue weighted by Gasteiger charge is -2.33. The molecule has 0 fully saturated rings. The highest BCUT2D eigenvalue weighted by atomic mass is 19.4. The van der Waals surface area contributed by atoms with E-state index in [1.165, 1.54) is 12.1 Å². The first-order valence-electron chi connectivity index (χ1n) is 7.13. The maximum Gasteiger partial charge on any atom is 0.418 e. The fraction of sp³-hybridized carbons (Fsp3) is 0.467. The van der Waals surface area contributed by atoms with Crippen molar-refractivity contribution in [3.63, 3.8) is 0 Å². The number of alkyl carbamates (subject to hydrolysis) is 1. The molecule has 0 saturated heterocycles. The Labute approximate surface area is 131 Å². The van der Waals surface area contributed by atoms with Gasteiger partial charge in [-0.05, 0) is 24.5 Å². The molecular formula is C15H17F3N2O3. The third-order valence-electron chi connectivity index (χ3n) is 3.87. The summed E-state index contributed by atoms with van der Waals surface area (Å²) in [6, 6.07) is 3.40. The van der Waals surface area contributed by atoms with E-state index in [1.54, 1.807) is 0 Å². The van der Waals surface area contributed by atoms with Crippen molar-refractivity contribution in [3.8, 4) is 0 Å². The number of anilines is 1. The smallest absolute Gasteiger partial charge is 0.418 e. The van der Waals surface area contributed by atoms with Crippen LogP contribution < -0.4 is 10.6 Å². The van der Waals surface area contributed by atoms with Crippen molar-refractivity contribution < 1.29 is 27.5 Å². The third kappa shape index (κ3) is 3.57. The monoisotopic (exact) mass is 330 g/mol. The quantitative estimate of drug-likeness (QED) is 0.873. The Hall–Kier alpha value is -2.25. The number of amides is 2. The van der Waals surface area contributed by atoms with Crippen LogP contribution in [0.15, 0.2) is 18.2 Å². The number of halogens is 3. The van der Waals surface area contributed by atoms with Crippen molar-refractivity contribution in [2.45, 2.75) is 37.9 Å². The predicted molar refractivity (Wildman–Crippen MR) is 77.1 cm³/mol. The second-order valence-corrected chi connectivity index (χ2v) is 5.29. The van der Waals surface area contributed by atoms with Crippen molar-refractivity contribution in [2.24, 2.45) is 0 Å². The zero-order chi connectivity index (χ0) is 17.2. The number of nitrogens with one attached hydrogen (secondary N) is 2. The number of benzene rings is 1. The van der Waals surface area contributed by atoms with E-state index in [2.05, 4.69) is 10.1 Å². The van der Waals surface area contributed by atoms with Crippen LogP contribution in [0.5, 0.6) is 0 Å². The minimum absolute atomic E-state index is 0.0943. The number of carbonyl (C=O) groups is 2. The van der Waals surface area contributed by atoms with E-state index in [1.807, 2.05) is 12.2 Å². The van der Waals surface area contributed by atoms with E-state index in [0.717, 1.165) is 13.2 Å². The fourth-order valence-corrected chi connectivity index (χ4v) is 2.69. The lowest BCUT2D eigenvalue weighted by molar-refractivity contribution is -0.137. The van der Waals surface area contributed by atoms with Crippen molar-refractivity contribution in [3.05, 3.63) is 29.3 Å². The summed E-state index contributed by atoms with van der Waals surface area (Å²) in [6.07, 6.45) is -4.62. The molecule has 2 atom stereocenters. The molecule has 0 unspecified atom stereocenters. The molecule has 23 heavy (non-hydrogen) atoms. The van der Waals surface area contributed by atoms with Crippen LogP contribution in [0.25, 0.3) is 0 Å². The van der Waals surface area contributed by atoms with E-state index in [0.29, 0.717) is 12.8 Å². The number of para-hydroxylation sites is 1. The molecule has 1 aromatic carbocycles. The molecular weight excluding hydrogens is 313 g/mol. The van der Waals surface area contributed by atoms with E-state index < -0.39 is 29.7 Å². The Balaban J connectivity index is 2.44. The molecule has 8 heteroatoms. The van der Waals surface area contributed by atoms with Crippen LogP contribution in [0.1, 0.15) is 36.8 Å². The molecule has 1 aliphatic rings. The van der Waals surface area contributed by atoms with Gasteiger partial charge in [-0.1, -0.05) is 19.1 Å². The second kappa shape index (κ2) is 6.47. The van der Waals surface area contributed by atoms with Crippen molar-refractivity contribution in [2.75, 3.05) is 12.4 Å². The number of carbonyl (C=O) groups excluding carboxylic acids is 2. The highest BCUT2D eigenvalue weighted by molar-refractivity contribution is 5.97. The molecule has 0 spiro atoms. The predicted octanol–water partition coefficient (Wildman–Crippen LogP) is 3.27. The molecule has 0 bridgehead atoms. The number of alkyl halides is 3. The molecule has 126 valence electrons. The summed E-state index contributed by atoms with van der Waals surface area (Å²) >= 11 is 0. The van der Waals surface area contributed by atoms with E-state index >= 15 is 0 Å². The summed E-state index contributed by atoms with van der Waals surface area (Å²) in [5.74, 6) is -1.52. The number of hydrogen-bond donors (Lipinski definition) is 2. The number of hydrogen-bond acceptors (Lipinski definition) is 4. The molecule has 2 rings (SSSR count). The molecule has 0 aromatic heterocycles. The van der Waals surface area contributed by atoms with Gasteiger partial charge in [-0.3, -0.25) is 10.1 Å². The summed E-state index contributed by atoms with van der Waals surface area (Å²) in [4.78, 5) is 23.4. The molecule has 0 radical (unpaired) electrons. The van der Waals surface area contributed by atoms with Gasteiger partial charge in [0.05, 0.1) is 24.3 Å². The number of fused-ring (bicyclic) bond motifs is 1. The van der Waals surface area contributed by atoms with Crippen LogP contribution >= 0.6 is 0 Å². The van der Waals surface area contributed by atoms with Gasteiger partial charge in [0, 0.05) is 6.04 Å². The number of imide groups is 1. The average molecular weight is 330 g/mol. The summed E-state index contributed by atoms with van der Waals surface area (Å²) in [7, 11) is 1.11. The van der Waals surface area contributed by atoms with Gasteiger partial charge in [0.1, 0.15) is 0 Å². The first kappa shape index (κ1) is 17.1. The second-order valence-electron chi connectivity index (χ2n) is 5.29. The third-order valence-corrected chi connectivity index (χ3v) is 3.87. The topological polar surface area (TPSA) is 67.4 Å². The zero-order valence-corrected chi connectivity index (χ0v) is 12.7. The molecule has 5 nitrogen and oxygen atoms in total. The summed E-state index contributed by atoms with van der Waals surface area (Å²) in [5, 5.41) is 4.89. The zero-order valence-electron chi connectivity index (χ0n) is 12.7. The van der Waals surface area contributed by atoms with Crippen LogP contribution in [0.4, 0.5) is 23.7 Å². The largest absolute Gasteiger partial charge is 0.453 e. The first-order chi connectivity index (χ1) is 10.8. The van der Waals surface area contributed by atoms with Gasteiger partial charge in [0.25, 0.3) is 0 Å². The van der Waals surface area contributed by atoms with E-state index in [9.17, 15) is 22.8 Å². The minimum Gasteiger partial charge on any atom is -0.453 e. The molecule has 1 aromatic rings. The maximum atomic E-state index is 13.2. The molecule has 2 N–H and O–H groups in total. The Morgan fingerprint density at radius 1 is 1.39 bits per heavy atom. The van der Waals surface area contributed by atoms with Gasteiger partial charge in [-0.2, -0.15) is 13.2 Å². The van der Waals surface area contributed by atoms with Crippen molar-refractivity contribution >= 4 is 17.7 Å². The SMILES string of the molecule is CC[C@H]1C[C@H](C(=O)NC(=O)OC)c2cccc(C(F)(F)F)c2N1. The first-order valence-corrected chi connectivity index (χ1v) is 7.13. The van der Waals surface area contributed by atoms with Gasteiger partial charge >= 0.3 is 12.3 Å². The highest BCUT2D eigenvalue weighted by Crippen LogP contribution is 2.43.